The van der Waals surface area contributed by atoms with Gasteiger partial charge in [0.25, 0.3) is 5.91 Å². The summed E-state index contributed by atoms with van der Waals surface area (Å²) in [6, 6.07) is 10.6. The van der Waals surface area contributed by atoms with E-state index in [1.54, 1.807) is 44.2 Å². The average molecular weight is 419 g/mol. The number of para-hydroxylation sites is 1. The van der Waals surface area contributed by atoms with E-state index in [0.717, 1.165) is 4.88 Å². The minimum absolute atomic E-state index is 0.188. The second kappa shape index (κ2) is 10.6. The smallest absolute Gasteiger partial charge is 0.347 e. The summed E-state index contributed by atoms with van der Waals surface area (Å²) in [6.07, 6.45) is -0.866. The largest absolute Gasteiger partial charge is 0.479 e. The van der Waals surface area contributed by atoms with E-state index in [1.165, 1.54) is 11.3 Å². The number of benzene rings is 1. The highest BCUT2D eigenvalue weighted by Gasteiger charge is 2.22. The van der Waals surface area contributed by atoms with E-state index < -0.39 is 30.6 Å². The number of amides is 1. The van der Waals surface area contributed by atoms with E-state index in [9.17, 15) is 14.4 Å². The minimum atomic E-state index is -0.866. The molecule has 1 aromatic carbocycles. The number of hydrogen-bond donors (Lipinski definition) is 1. The topological polar surface area (TPSA) is 90.9 Å². The Morgan fingerprint density at radius 3 is 2.38 bits per heavy atom. The van der Waals surface area contributed by atoms with Crippen LogP contribution in [0, 0.1) is 0 Å². The zero-order valence-electron chi connectivity index (χ0n) is 16.9. The van der Waals surface area contributed by atoms with Crippen LogP contribution in [0.15, 0.2) is 36.4 Å². The Kier molecular flexibility index (Phi) is 8.21. The van der Waals surface area contributed by atoms with Crippen molar-refractivity contribution in [3.63, 3.8) is 0 Å². The first-order chi connectivity index (χ1) is 13.8. The van der Waals surface area contributed by atoms with Crippen molar-refractivity contribution >= 4 is 34.2 Å². The highest BCUT2D eigenvalue weighted by molar-refractivity contribution is 7.16. The summed E-state index contributed by atoms with van der Waals surface area (Å²) < 4.78 is 15.5. The van der Waals surface area contributed by atoms with Gasteiger partial charge in [-0.25, -0.2) is 9.59 Å². The van der Waals surface area contributed by atoms with E-state index in [0.29, 0.717) is 16.3 Å². The predicted molar refractivity (Wildman–Crippen MR) is 110 cm³/mol. The fourth-order valence-electron chi connectivity index (χ4n) is 2.32. The summed E-state index contributed by atoms with van der Waals surface area (Å²) in [5.41, 5.74) is 0.293. The summed E-state index contributed by atoms with van der Waals surface area (Å²) in [4.78, 5) is 37.4. The van der Waals surface area contributed by atoms with E-state index >= 15 is 0 Å². The van der Waals surface area contributed by atoms with Gasteiger partial charge in [-0.15, -0.1) is 11.3 Å². The molecule has 2 rings (SSSR count). The Morgan fingerprint density at radius 1 is 1.07 bits per heavy atom. The quantitative estimate of drug-likeness (QED) is 0.618. The Balaban J connectivity index is 1.94. The molecule has 1 N–H and O–H groups in total. The SMILES string of the molecule is CCOC(=O)c1cc(C(C)C)sc1NC(=O)COC(=O)[C@H](C)Oc1ccccc1. The predicted octanol–water partition coefficient (Wildman–Crippen LogP) is 4.00. The van der Waals surface area contributed by atoms with Crippen LogP contribution < -0.4 is 10.1 Å². The maximum atomic E-state index is 12.2. The van der Waals surface area contributed by atoms with Crippen LogP contribution in [0.4, 0.5) is 5.00 Å². The molecular formula is C21H25NO6S. The Bertz CT molecular complexity index is 846. The van der Waals surface area contributed by atoms with Gasteiger partial charge in [-0.05, 0) is 38.0 Å². The third kappa shape index (κ3) is 6.60. The molecule has 0 aliphatic rings. The van der Waals surface area contributed by atoms with Crippen molar-refractivity contribution in [1.29, 1.82) is 0 Å². The molecule has 0 bridgehead atoms. The molecule has 0 spiro atoms. The Hall–Kier alpha value is -2.87. The van der Waals surface area contributed by atoms with Gasteiger partial charge in [0, 0.05) is 4.88 Å². The van der Waals surface area contributed by atoms with Crippen LogP contribution >= 0.6 is 11.3 Å². The van der Waals surface area contributed by atoms with Gasteiger partial charge in [-0.3, -0.25) is 4.79 Å². The van der Waals surface area contributed by atoms with Gasteiger partial charge in [-0.2, -0.15) is 0 Å². The first kappa shape index (κ1) is 22.4. The number of carbonyl (C=O) groups is 3. The van der Waals surface area contributed by atoms with Crippen LogP contribution in [0.1, 0.15) is 48.8 Å². The third-order valence-corrected chi connectivity index (χ3v) is 5.15. The van der Waals surface area contributed by atoms with Crippen molar-refractivity contribution in [2.45, 2.75) is 39.7 Å². The van der Waals surface area contributed by atoms with Crippen molar-refractivity contribution in [3.8, 4) is 5.75 Å². The lowest BCUT2D eigenvalue weighted by molar-refractivity contribution is -0.153. The van der Waals surface area contributed by atoms with Crippen molar-refractivity contribution in [1.82, 2.24) is 0 Å². The summed E-state index contributed by atoms with van der Waals surface area (Å²) in [5, 5.41) is 3.01. The zero-order chi connectivity index (χ0) is 21.4. The molecule has 0 aliphatic heterocycles. The van der Waals surface area contributed by atoms with Crippen LogP contribution in [-0.4, -0.2) is 37.2 Å². The number of hydrogen-bond acceptors (Lipinski definition) is 7. The lowest BCUT2D eigenvalue weighted by Crippen LogP contribution is -2.29. The van der Waals surface area contributed by atoms with Crippen LogP contribution in [-0.2, 0) is 19.1 Å². The monoisotopic (exact) mass is 419 g/mol. The fourth-order valence-corrected chi connectivity index (χ4v) is 3.38. The number of carbonyl (C=O) groups excluding carboxylic acids is 3. The first-order valence-corrected chi connectivity index (χ1v) is 10.1. The maximum Gasteiger partial charge on any atom is 0.347 e. The highest BCUT2D eigenvalue weighted by atomic mass is 32.1. The van der Waals surface area contributed by atoms with Gasteiger partial charge >= 0.3 is 11.9 Å². The average Bonchev–Trinajstić information content (AvgIpc) is 3.11. The molecule has 0 unspecified atom stereocenters. The van der Waals surface area contributed by atoms with Crippen molar-refractivity contribution in [3.05, 3.63) is 46.8 Å². The molecule has 1 aromatic heterocycles. The summed E-state index contributed by atoms with van der Waals surface area (Å²) in [5.74, 6) is -1.00. The van der Waals surface area contributed by atoms with Gasteiger partial charge in [-0.1, -0.05) is 32.0 Å². The van der Waals surface area contributed by atoms with Crippen LogP contribution in [0.5, 0.6) is 5.75 Å². The molecule has 0 radical (unpaired) electrons. The Labute approximate surface area is 174 Å². The second-order valence-corrected chi connectivity index (χ2v) is 7.58. The summed E-state index contributed by atoms with van der Waals surface area (Å²) >= 11 is 1.29. The lowest BCUT2D eigenvalue weighted by atomic mass is 10.1. The fraction of sp³-hybridized carbons (Fsp3) is 0.381. The molecular weight excluding hydrogens is 394 g/mol. The standard InChI is InChI=1S/C21H25NO6S/c1-5-26-21(25)16-11-17(13(2)3)29-19(16)22-18(23)12-27-20(24)14(4)28-15-9-7-6-8-10-15/h6-11,13-14H,5,12H2,1-4H3,(H,22,23)/t14-/m0/s1. The molecule has 2 aromatic rings. The van der Waals surface area contributed by atoms with Gasteiger partial charge in [0.05, 0.1) is 12.2 Å². The highest BCUT2D eigenvalue weighted by Crippen LogP contribution is 2.33. The number of nitrogens with one attached hydrogen (secondary N) is 1. The molecule has 0 saturated carbocycles. The van der Waals surface area contributed by atoms with E-state index in [-0.39, 0.29) is 12.5 Å². The molecule has 29 heavy (non-hydrogen) atoms. The van der Waals surface area contributed by atoms with Crippen LogP contribution in [0.2, 0.25) is 0 Å². The van der Waals surface area contributed by atoms with Gasteiger partial charge in [0.1, 0.15) is 10.8 Å². The number of esters is 2. The van der Waals surface area contributed by atoms with Crippen molar-refractivity contribution in [2.24, 2.45) is 0 Å². The molecule has 8 heteroatoms. The van der Waals surface area contributed by atoms with Crippen molar-refractivity contribution < 1.29 is 28.6 Å². The van der Waals surface area contributed by atoms with E-state index in [4.69, 9.17) is 14.2 Å². The molecule has 156 valence electrons. The minimum Gasteiger partial charge on any atom is -0.479 e. The summed E-state index contributed by atoms with van der Waals surface area (Å²) in [7, 11) is 0. The van der Waals surface area contributed by atoms with Crippen LogP contribution in [0.25, 0.3) is 0 Å². The number of ether oxygens (including phenoxy) is 3. The molecule has 0 aliphatic carbocycles. The molecule has 1 atom stereocenters. The molecule has 1 amide bonds. The number of thiophene rings is 1. The van der Waals surface area contributed by atoms with Crippen LogP contribution in [0.3, 0.4) is 0 Å². The Morgan fingerprint density at radius 2 is 1.76 bits per heavy atom. The lowest BCUT2D eigenvalue weighted by Gasteiger charge is -2.13. The van der Waals surface area contributed by atoms with Gasteiger partial charge in [0.2, 0.25) is 0 Å². The number of anilines is 1. The van der Waals surface area contributed by atoms with Gasteiger partial charge in [0.15, 0.2) is 12.7 Å². The normalized spacial score (nSPS) is 11.6. The molecule has 0 fully saturated rings. The number of rotatable bonds is 9. The summed E-state index contributed by atoms with van der Waals surface area (Å²) in [6.45, 7) is 6.98. The maximum absolute atomic E-state index is 12.2. The van der Waals surface area contributed by atoms with E-state index in [2.05, 4.69) is 5.32 Å². The van der Waals surface area contributed by atoms with E-state index in [1.807, 2.05) is 19.9 Å². The van der Waals surface area contributed by atoms with Crippen molar-refractivity contribution in [2.75, 3.05) is 18.5 Å². The molecule has 7 nitrogen and oxygen atoms in total. The third-order valence-electron chi connectivity index (χ3n) is 3.80. The van der Waals surface area contributed by atoms with Gasteiger partial charge < -0.3 is 19.5 Å². The second-order valence-electron chi connectivity index (χ2n) is 6.50. The molecule has 1 heterocycles. The zero-order valence-corrected chi connectivity index (χ0v) is 17.7. The molecule has 0 saturated heterocycles. The first-order valence-electron chi connectivity index (χ1n) is 9.30.